The molecular formula is C27H25N2O3+. The standard InChI is InChI=1S/C27H24N2O3/c1-28(2)24-15-17-29(18-16-24)19-20-3-5-23(6-4-20)27(31)32-26-13-9-22(10-14-26)21-7-11-25(30)12-8-21/h3-18H,19H2,1-2H3/p+1. The number of benzene rings is 3. The van der Waals surface area contributed by atoms with Gasteiger partial charge in [-0.3, -0.25) is 0 Å². The molecule has 4 aromatic rings. The number of ether oxygens (including phenoxy) is 1. The maximum Gasteiger partial charge on any atom is 0.343 e. The molecule has 1 aromatic heterocycles. The van der Waals surface area contributed by atoms with Crippen LogP contribution in [0, 0.1) is 0 Å². The summed E-state index contributed by atoms with van der Waals surface area (Å²) in [7, 11) is 4.03. The molecule has 0 spiro atoms. The maximum atomic E-state index is 12.5. The lowest BCUT2D eigenvalue weighted by Crippen LogP contribution is -2.33. The van der Waals surface area contributed by atoms with Gasteiger partial charge in [0.1, 0.15) is 11.5 Å². The summed E-state index contributed by atoms with van der Waals surface area (Å²) in [6.07, 6.45) is 4.08. The fraction of sp³-hybridized carbons (Fsp3) is 0.111. The molecule has 4 rings (SSSR count). The van der Waals surface area contributed by atoms with Gasteiger partial charge in [0.05, 0.1) is 5.56 Å². The van der Waals surface area contributed by atoms with Gasteiger partial charge in [0.2, 0.25) is 0 Å². The van der Waals surface area contributed by atoms with Crippen LogP contribution in [0.25, 0.3) is 11.1 Å². The molecule has 0 aliphatic carbocycles. The monoisotopic (exact) mass is 425 g/mol. The molecule has 160 valence electrons. The van der Waals surface area contributed by atoms with E-state index in [-0.39, 0.29) is 5.75 Å². The van der Waals surface area contributed by atoms with Gasteiger partial charge in [0.15, 0.2) is 18.9 Å². The molecule has 0 saturated carbocycles. The molecule has 0 unspecified atom stereocenters. The first-order valence-corrected chi connectivity index (χ1v) is 10.3. The number of aromatic nitrogens is 1. The highest BCUT2D eigenvalue weighted by Gasteiger charge is 2.10. The highest BCUT2D eigenvalue weighted by Crippen LogP contribution is 2.24. The number of rotatable bonds is 6. The lowest BCUT2D eigenvalue weighted by Gasteiger charge is -2.10. The normalized spacial score (nSPS) is 10.6. The third-order valence-electron chi connectivity index (χ3n) is 5.21. The maximum absolute atomic E-state index is 12.5. The largest absolute Gasteiger partial charge is 0.508 e. The summed E-state index contributed by atoms with van der Waals surface area (Å²) >= 11 is 0. The van der Waals surface area contributed by atoms with Gasteiger partial charge in [0, 0.05) is 37.5 Å². The van der Waals surface area contributed by atoms with Gasteiger partial charge < -0.3 is 14.7 Å². The zero-order valence-corrected chi connectivity index (χ0v) is 18.1. The van der Waals surface area contributed by atoms with Crippen LogP contribution in [0.1, 0.15) is 15.9 Å². The second-order valence-corrected chi connectivity index (χ2v) is 7.78. The minimum Gasteiger partial charge on any atom is -0.508 e. The number of carbonyl (C=O) groups excluding carboxylic acids is 1. The number of phenolic OH excluding ortho intramolecular Hbond substituents is 1. The van der Waals surface area contributed by atoms with Crippen LogP contribution in [0.4, 0.5) is 5.69 Å². The van der Waals surface area contributed by atoms with Crippen molar-refractivity contribution in [2.24, 2.45) is 0 Å². The van der Waals surface area contributed by atoms with Gasteiger partial charge >= 0.3 is 5.97 Å². The molecule has 1 N–H and O–H groups in total. The number of hydrogen-bond donors (Lipinski definition) is 1. The van der Waals surface area contributed by atoms with Crippen LogP contribution in [0.3, 0.4) is 0 Å². The Morgan fingerprint density at radius 2 is 1.38 bits per heavy atom. The quantitative estimate of drug-likeness (QED) is 0.277. The Morgan fingerprint density at radius 1 is 0.812 bits per heavy atom. The summed E-state index contributed by atoms with van der Waals surface area (Å²) < 4.78 is 7.61. The zero-order valence-electron chi connectivity index (χ0n) is 18.1. The van der Waals surface area contributed by atoms with Crippen LogP contribution in [0.5, 0.6) is 11.5 Å². The number of pyridine rings is 1. The second-order valence-electron chi connectivity index (χ2n) is 7.78. The molecule has 0 aliphatic heterocycles. The van der Waals surface area contributed by atoms with Gasteiger partial charge in [0.25, 0.3) is 0 Å². The SMILES string of the molecule is CN(C)c1cc[n+](Cc2ccc(C(=O)Oc3ccc(-c4ccc(O)cc4)cc3)cc2)cc1. The topological polar surface area (TPSA) is 53.7 Å². The van der Waals surface area contributed by atoms with E-state index < -0.39 is 5.97 Å². The number of hydrogen-bond acceptors (Lipinski definition) is 4. The van der Waals surface area contributed by atoms with Crippen molar-refractivity contribution in [2.75, 3.05) is 19.0 Å². The molecule has 0 radical (unpaired) electrons. The minimum absolute atomic E-state index is 0.228. The molecule has 0 amide bonds. The van der Waals surface area contributed by atoms with E-state index in [1.807, 2.05) is 62.9 Å². The Balaban J connectivity index is 1.37. The van der Waals surface area contributed by atoms with Crippen LogP contribution in [-0.2, 0) is 6.54 Å². The molecule has 5 nitrogen and oxygen atoms in total. The Kier molecular flexibility index (Phi) is 6.17. The molecule has 0 aliphatic rings. The fourth-order valence-corrected chi connectivity index (χ4v) is 3.35. The number of phenols is 1. The van der Waals surface area contributed by atoms with Gasteiger partial charge in [-0.15, -0.1) is 0 Å². The van der Waals surface area contributed by atoms with Crippen LogP contribution in [-0.4, -0.2) is 25.2 Å². The Hall–Kier alpha value is -4.12. The fourth-order valence-electron chi connectivity index (χ4n) is 3.35. The Bertz CT molecular complexity index is 1180. The van der Waals surface area contributed by atoms with Crippen molar-refractivity contribution in [2.45, 2.75) is 6.54 Å². The first kappa shape index (κ1) is 21.1. The van der Waals surface area contributed by atoms with E-state index in [0.29, 0.717) is 11.3 Å². The molecule has 0 atom stereocenters. The molecule has 0 saturated heterocycles. The number of carbonyl (C=O) groups is 1. The van der Waals surface area contributed by atoms with Crippen LogP contribution >= 0.6 is 0 Å². The lowest BCUT2D eigenvalue weighted by atomic mass is 10.1. The molecule has 1 heterocycles. The predicted octanol–water partition coefficient (Wildman–Crippen LogP) is 4.68. The Labute approximate surface area is 187 Å². The van der Waals surface area contributed by atoms with E-state index in [0.717, 1.165) is 28.9 Å². The second kappa shape index (κ2) is 9.35. The molecule has 0 fully saturated rings. The van der Waals surface area contributed by atoms with Crippen molar-refractivity contribution in [3.05, 3.63) is 108 Å². The van der Waals surface area contributed by atoms with E-state index in [1.165, 1.54) is 0 Å². The smallest absolute Gasteiger partial charge is 0.343 e. The molecular weight excluding hydrogens is 400 g/mol. The number of anilines is 1. The van der Waals surface area contributed by atoms with Gasteiger partial charge in [-0.05, 0) is 47.5 Å². The van der Waals surface area contributed by atoms with E-state index >= 15 is 0 Å². The zero-order chi connectivity index (χ0) is 22.5. The third kappa shape index (κ3) is 5.13. The molecule has 32 heavy (non-hydrogen) atoms. The number of aromatic hydroxyl groups is 1. The van der Waals surface area contributed by atoms with Crippen LogP contribution in [0.2, 0.25) is 0 Å². The molecule has 0 bridgehead atoms. The van der Waals surface area contributed by atoms with Gasteiger partial charge in [-0.2, -0.15) is 0 Å². The van der Waals surface area contributed by atoms with Crippen molar-refractivity contribution < 1.29 is 19.2 Å². The van der Waals surface area contributed by atoms with Gasteiger partial charge in [-0.1, -0.05) is 36.4 Å². The van der Waals surface area contributed by atoms with E-state index in [2.05, 4.69) is 21.6 Å². The molecule has 5 heteroatoms. The average molecular weight is 426 g/mol. The van der Waals surface area contributed by atoms with Crippen molar-refractivity contribution in [3.63, 3.8) is 0 Å². The van der Waals surface area contributed by atoms with Crippen molar-refractivity contribution in [3.8, 4) is 22.6 Å². The van der Waals surface area contributed by atoms with Crippen molar-refractivity contribution >= 4 is 11.7 Å². The van der Waals surface area contributed by atoms with E-state index in [1.54, 1.807) is 36.4 Å². The summed E-state index contributed by atoms with van der Waals surface area (Å²) in [5, 5.41) is 9.41. The summed E-state index contributed by atoms with van der Waals surface area (Å²) in [5.74, 6) is 0.321. The highest BCUT2D eigenvalue weighted by atomic mass is 16.5. The summed E-state index contributed by atoms with van der Waals surface area (Å²) in [5.41, 5.74) is 4.71. The van der Waals surface area contributed by atoms with Crippen LogP contribution in [0.15, 0.2) is 97.3 Å². The highest BCUT2D eigenvalue weighted by molar-refractivity contribution is 5.91. The molecule has 3 aromatic carbocycles. The van der Waals surface area contributed by atoms with Crippen molar-refractivity contribution in [1.82, 2.24) is 0 Å². The lowest BCUT2D eigenvalue weighted by molar-refractivity contribution is -0.688. The van der Waals surface area contributed by atoms with Gasteiger partial charge in [-0.25, -0.2) is 9.36 Å². The Morgan fingerprint density at radius 3 is 1.94 bits per heavy atom. The third-order valence-corrected chi connectivity index (χ3v) is 5.21. The first-order chi connectivity index (χ1) is 15.5. The van der Waals surface area contributed by atoms with Crippen molar-refractivity contribution in [1.29, 1.82) is 0 Å². The summed E-state index contributed by atoms with van der Waals surface area (Å²) in [4.78, 5) is 14.6. The first-order valence-electron chi connectivity index (χ1n) is 10.3. The summed E-state index contributed by atoms with van der Waals surface area (Å²) in [6.45, 7) is 0.724. The number of esters is 1. The summed E-state index contributed by atoms with van der Waals surface area (Å²) in [6, 6.07) is 25.9. The predicted molar refractivity (Wildman–Crippen MR) is 125 cm³/mol. The minimum atomic E-state index is -0.392. The average Bonchev–Trinajstić information content (AvgIpc) is 2.81. The number of nitrogens with zero attached hydrogens (tertiary/aromatic N) is 2. The van der Waals surface area contributed by atoms with Crippen LogP contribution < -0.4 is 14.2 Å². The van der Waals surface area contributed by atoms with E-state index in [9.17, 15) is 9.90 Å². The van der Waals surface area contributed by atoms with E-state index in [4.69, 9.17) is 4.74 Å².